The summed E-state index contributed by atoms with van der Waals surface area (Å²) in [7, 11) is -5.34. The van der Waals surface area contributed by atoms with E-state index in [1.54, 1.807) is 0 Å². The highest BCUT2D eigenvalue weighted by Crippen LogP contribution is 2.51. The van der Waals surface area contributed by atoms with Crippen LogP contribution in [0.15, 0.2) is 17.1 Å². The molecule has 10 atom stereocenters. The van der Waals surface area contributed by atoms with Crippen molar-refractivity contribution < 1.29 is 63.4 Å². The average molecular weight is 556 g/mol. The topological polar surface area (TPSA) is 300 Å². The van der Waals surface area contributed by atoms with Gasteiger partial charge in [-0.05, 0) is 6.07 Å². The summed E-state index contributed by atoms with van der Waals surface area (Å²) in [6.07, 6.45) is -11.0. The van der Waals surface area contributed by atoms with Crippen LogP contribution in [0.3, 0.4) is 0 Å². The van der Waals surface area contributed by atoms with E-state index in [1.165, 1.54) is 6.07 Å². The number of anilines is 1. The van der Waals surface area contributed by atoms with Gasteiger partial charge in [-0.3, -0.25) is 9.09 Å². The zero-order valence-electron chi connectivity index (χ0n) is 19.1. The Morgan fingerprint density at radius 2 is 2.00 bits per heavy atom. The SMILES string of the molecule is Nc1ccn(C2OC(COP(=O)(O)O[C@@]3(C(=O)O)C[C@@H](O)C(N)C(C[C@H](O)CO)O3)C(O)C2O)c(=O)n1. The molecule has 3 rings (SSSR count). The maximum atomic E-state index is 12.6. The lowest BCUT2D eigenvalue weighted by Gasteiger charge is -2.43. The second kappa shape index (κ2) is 11.4. The number of phosphoric acid groups is 1. The van der Waals surface area contributed by atoms with Gasteiger partial charge < -0.3 is 56.5 Å². The number of ether oxygens (including phenoxy) is 2. The average Bonchev–Trinajstić information content (AvgIpc) is 3.09. The predicted molar refractivity (Wildman–Crippen MR) is 117 cm³/mol. The largest absolute Gasteiger partial charge is 0.477 e. The summed E-state index contributed by atoms with van der Waals surface area (Å²) in [6, 6.07) is -0.00509. The number of rotatable bonds is 10. The minimum Gasteiger partial charge on any atom is -0.477 e. The molecule has 19 heteroatoms. The monoisotopic (exact) mass is 556 g/mol. The Morgan fingerprint density at radius 1 is 1.32 bits per heavy atom. The minimum absolute atomic E-state index is 0.107. The van der Waals surface area contributed by atoms with Crippen molar-refractivity contribution in [3.63, 3.8) is 0 Å². The van der Waals surface area contributed by atoms with E-state index in [4.69, 9.17) is 35.1 Å². The summed E-state index contributed by atoms with van der Waals surface area (Å²) < 4.78 is 33.7. The highest BCUT2D eigenvalue weighted by molar-refractivity contribution is 7.47. The number of carboxylic acid groups (broad SMARTS) is 1. The number of nitrogens with zero attached hydrogens (tertiary/aromatic N) is 2. The van der Waals surface area contributed by atoms with Crippen LogP contribution in [-0.4, -0.2) is 113 Å². The molecule has 7 unspecified atom stereocenters. The van der Waals surface area contributed by atoms with Crippen LogP contribution in [0.2, 0.25) is 0 Å². The summed E-state index contributed by atoms with van der Waals surface area (Å²) in [5.41, 5.74) is 10.3. The third kappa shape index (κ3) is 6.51. The van der Waals surface area contributed by atoms with Gasteiger partial charge in [0.2, 0.25) is 0 Å². The second-order valence-corrected chi connectivity index (χ2v) is 9.96. The van der Waals surface area contributed by atoms with Gasteiger partial charge in [-0.25, -0.2) is 18.7 Å². The summed E-state index contributed by atoms with van der Waals surface area (Å²) in [5, 5.41) is 59.1. The zero-order valence-corrected chi connectivity index (χ0v) is 20.0. The normalized spacial score (nSPS) is 36.7. The Bertz CT molecular complexity index is 1080. The minimum atomic E-state index is -5.34. The molecule has 3 heterocycles. The molecular formula is C18H29N4O14P. The third-order valence-corrected chi connectivity index (χ3v) is 6.86. The van der Waals surface area contributed by atoms with E-state index in [9.17, 15) is 44.6 Å². The van der Waals surface area contributed by atoms with Crippen molar-refractivity contribution in [2.45, 2.75) is 67.5 Å². The number of carboxylic acids is 1. The quantitative estimate of drug-likeness (QED) is 0.123. The molecule has 2 fully saturated rings. The van der Waals surface area contributed by atoms with Gasteiger partial charge in [0, 0.05) is 19.0 Å². The Kier molecular flexibility index (Phi) is 9.05. The standard InChI is InChI=1S/C18H29N4O14P/c19-11-1-2-22(17(30)21-11)15-14(27)13(26)10(34-15)6-33-37(31,32)36-18(16(28)29)4-8(25)12(20)9(35-18)3-7(24)5-23/h1-2,7-10,12-15,23-27H,3-6,20H2,(H,28,29)(H,31,32)(H2,19,21,30)/t7-,8+,9?,10?,12?,13?,14?,15?,18+/m0/s1. The number of hydrogen-bond acceptors (Lipinski definition) is 15. The van der Waals surface area contributed by atoms with Gasteiger partial charge in [0.15, 0.2) is 6.23 Å². The molecule has 37 heavy (non-hydrogen) atoms. The van der Waals surface area contributed by atoms with Crippen LogP contribution in [0.25, 0.3) is 0 Å². The predicted octanol–water partition coefficient (Wildman–Crippen LogP) is -4.42. The molecule has 0 saturated carbocycles. The van der Waals surface area contributed by atoms with Crippen LogP contribution in [0.1, 0.15) is 19.1 Å². The molecule has 1 aromatic heterocycles. The summed E-state index contributed by atoms with van der Waals surface area (Å²) in [6.45, 7) is -1.66. The molecule has 2 aliphatic heterocycles. The van der Waals surface area contributed by atoms with Crippen molar-refractivity contribution in [2.75, 3.05) is 18.9 Å². The van der Waals surface area contributed by atoms with Gasteiger partial charge in [0.05, 0.1) is 37.6 Å². The first-order valence-corrected chi connectivity index (χ1v) is 12.4. The number of phosphoric ester groups is 1. The van der Waals surface area contributed by atoms with Gasteiger partial charge >= 0.3 is 19.5 Å². The molecule has 0 aliphatic carbocycles. The molecule has 0 bridgehead atoms. The first kappa shape index (κ1) is 29.5. The lowest BCUT2D eigenvalue weighted by Crippen LogP contribution is -2.62. The van der Waals surface area contributed by atoms with Crippen LogP contribution in [0.5, 0.6) is 0 Å². The van der Waals surface area contributed by atoms with Crippen molar-refractivity contribution in [3.8, 4) is 0 Å². The molecule has 0 radical (unpaired) electrons. The lowest BCUT2D eigenvalue weighted by molar-refractivity contribution is -0.271. The Hall–Kier alpha value is -2.06. The van der Waals surface area contributed by atoms with E-state index < -0.39 is 100 Å². The number of nitrogens with two attached hydrogens (primary N) is 2. The Balaban J connectivity index is 1.72. The first-order valence-electron chi connectivity index (χ1n) is 10.9. The molecule has 18 nitrogen and oxygen atoms in total. The fourth-order valence-electron chi connectivity index (χ4n) is 3.91. The molecule has 210 valence electrons. The number of aromatic nitrogens is 2. The second-order valence-electron chi connectivity index (χ2n) is 8.58. The van der Waals surface area contributed by atoms with Crippen molar-refractivity contribution in [2.24, 2.45) is 5.73 Å². The molecule has 0 spiro atoms. The molecule has 2 saturated heterocycles. The summed E-state index contributed by atoms with van der Waals surface area (Å²) in [4.78, 5) is 37.7. The van der Waals surface area contributed by atoms with E-state index in [0.29, 0.717) is 0 Å². The first-order chi connectivity index (χ1) is 17.2. The molecule has 0 amide bonds. The van der Waals surface area contributed by atoms with E-state index in [0.717, 1.165) is 10.8 Å². The lowest BCUT2D eigenvalue weighted by atomic mass is 9.91. The van der Waals surface area contributed by atoms with Crippen molar-refractivity contribution in [1.29, 1.82) is 0 Å². The fourth-order valence-corrected chi connectivity index (χ4v) is 4.87. The Labute approximate surface area is 208 Å². The Morgan fingerprint density at radius 3 is 2.59 bits per heavy atom. The van der Waals surface area contributed by atoms with Crippen LogP contribution in [0, 0.1) is 0 Å². The maximum Gasteiger partial charge on any atom is 0.475 e. The summed E-state index contributed by atoms with van der Waals surface area (Å²) in [5.74, 6) is -4.98. The molecule has 11 N–H and O–H groups in total. The van der Waals surface area contributed by atoms with E-state index >= 15 is 0 Å². The van der Waals surface area contributed by atoms with E-state index in [-0.39, 0.29) is 5.82 Å². The summed E-state index contributed by atoms with van der Waals surface area (Å²) >= 11 is 0. The van der Waals surface area contributed by atoms with Crippen LogP contribution in [0.4, 0.5) is 5.82 Å². The molecule has 2 aliphatic rings. The number of aliphatic hydroxyl groups is 5. The highest BCUT2D eigenvalue weighted by atomic mass is 31.2. The van der Waals surface area contributed by atoms with Crippen LogP contribution in [-0.2, 0) is 27.9 Å². The maximum absolute atomic E-state index is 12.6. The van der Waals surface area contributed by atoms with Crippen molar-refractivity contribution in [3.05, 3.63) is 22.7 Å². The zero-order chi connectivity index (χ0) is 27.7. The molecule has 1 aromatic rings. The van der Waals surface area contributed by atoms with Gasteiger partial charge in [0.25, 0.3) is 5.79 Å². The fraction of sp³-hybridized carbons (Fsp3) is 0.722. The molecule has 0 aromatic carbocycles. The third-order valence-electron chi connectivity index (χ3n) is 5.86. The number of carbonyl (C=O) groups is 1. The van der Waals surface area contributed by atoms with Crippen molar-refractivity contribution in [1.82, 2.24) is 9.55 Å². The number of hydrogen-bond donors (Lipinski definition) is 9. The van der Waals surface area contributed by atoms with E-state index in [2.05, 4.69) is 4.98 Å². The highest BCUT2D eigenvalue weighted by Gasteiger charge is 2.56. The van der Waals surface area contributed by atoms with E-state index in [1.807, 2.05) is 0 Å². The van der Waals surface area contributed by atoms with Gasteiger partial charge in [-0.2, -0.15) is 4.98 Å². The van der Waals surface area contributed by atoms with Gasteiger partial charge in [-0.1, -0.05) is 0 Å². The van der Waals surface area contributed by atoms with Gasteiger partial charge in [0.1, 0.15) is 24.1 Å². The number of aliphatic carboxylic acids is 1. The van der Waals surface area contributed by atoms with Crippen LogP contribution < -0.4 is 17.2 Å². The smallest absolute Gasteiger partial charge is 0.475 e. The van der Waals surface area contributed by atoms with Crippen molar-refractivity contribution >= 4 is 19.6 Å². The molecular weight excluding hydrogens is 527 g/mol. The number of nitrogen functional groups attached to an aromatic ring is 1. The van der Waals surface area contributed by atoms with Gasteiger partial charge in [-0.15, -0.1) is 0 Å². The number of aliphatic hydroxyl groups excluding tert-OH is 5. The van der Waals surface area contributed by atoms with Crippen LogP contribution >= 0.6 is 7.82 Å².